The molecule has 0 heterocycles. The van der Waals surface area contributed by atoms with Crippen molar-refractivity contribution < 1.29 is 32.5 Å². The summed E-state index contributed by atoms with van der Waals surface area (Å²) < 4.78 is 49.0. The number of hydrogen-bond acceptors (Lipinski definition) is 5. The highest BCUT2D eigenvalue weighted by molar-refractivity contribution is 7.99. The number of rotatable bonds is 11. The van der Waals surface area contributed by atoms with Gasteiger partial charge in [-0.15, -0.1) is 11.8 Å². The van der Waals surface area contributed by atoms with E-state index in [0.29, 0.717) is 23.7 Å². The van der Waals surface area contributed by atoms with E-state index in [1.807, 2.05) is 25.1 Å². The number of halogens is 3. The molecule has 9 heteroatoms. The summed E-state index contributed by atoms with van der Waals surface area (Å²) >= 11 is 1.56. The summed E-state index contributed by atoms with van der Waals surface area (Å²) in [5, 5.41) is 17.4. The second kappa shape index (κ2) is 12.1. The monoisotopic (exact) mass is 465 g/mol. The zero-order chi connectivity index (χ0) is 23.6. The minimum atomic E-state index is -4.40. The van der Waals surface area contributed by atoms with Gasteiger partial charge in [-0.2, -0.15) is 18.4 Å². The molecule has 0 spiro atoms. The number of benzene rings is 2. The number of thioether (sulfide) groups is 1. The zero-order valence-corrected chi connectivity index (χ0v) is 18.1. The average molecular weight is 465 g/mol. The molecule has 2 rings (SSSR count). The van der Waals surface area contributed by atoms with E-state index in [-0.39, 0.29) is 12.5 Å². The van der Waals surface area contributed by atoms with Gasteiger partial charge in [0.05, 0.1) is 18.2 Å². The number of aryl methyl sites for hydroxylation is 1. The van der Waals surface area contributed by atoms with Gasteiger partial charge in [0.2, 0.25) is 0 Å². The van der Waals surface area contributed by atoms with Gasteiger partial charge in [0, 0.05) is 22.6 Å². The fourth-order valence-corrected chi connectivity index (χ4v) is 3.76. The van der Waals surface area contributed by atoms with Crippen LogP contribution in [-0.4, -0.2) is 30.0 Å². The van der Waals surface area contributed by atoms with Gasteiger partial charge in [0.15, 0.2) is 6.61 Å². The Bertz CT molecular complexity index is 969. The molecule has 32 heavy (non-hydrogen) atoms. The lowest BCUT2D eigenvalue weighted by atomic mass is 10.1. The van der Waals surface area contributed by atoms with Crippen LogP contribution in [0.1, 0.15) is 17.5 Å². The van der Waals surface area contributed by atoms with Gasteiger partial charge in [0.25, 0.3) is 0 Å². The number of nitriles is 1. The smallest absolute Gasteiger partial charge is 0.416 e. The first-order valence-electron chi connectivity index (χ1n) is 9.61. The van der Waals surface area contributed by atoms with Crippen LogP contribution in [0.25, 0.3) is 0 Å². The zero-order valence-electron chi connectivity index (χ0n) is 17.3. The molecule has 0 aromatic heterocycles. The number of carbonyl (C=O) groups is 1. The summed E-state index contributed by atoms with van der Waals surface area (Å²) in [6.45, 7) is 1.68. The molecule has 0 radical (unpaired) electrons. The number of alkyl halides is 3. The Balaban J connectivity index is 1.97. The Morgan fingerprint density at radius 2 is 1.94 bits per heavy atom. The Morgan fingerprint density at radius 3 is 2.53 bits per heavy atom. The van der Waals surface area contributed by atoms with Crippen molar-refractivity contribution in [2.24, 2.45) is 5.92 Å². The summed E-state index contributed by atoms with van der Waals surface area (Å²) in [5.41, 5.74) is 0.0678. The lowest BCUT2D eigenvalue weighted by Crippen LogP contribution is -2.14. The molecular formula is C23H22F3NO4S. The van der Waals surface area contributed by atoms with Crippen LogP contribution in [0.3, 0.4) is 0 Å². The average Bonchev–Trinajstić information content (AvgIpc) is 2.74. The van der Waals surface area contributed by atoms with Gasteiger partial charge in [-0.25, -0.2) is 4.79 Å². The number of hydrogen-bond donors (Lipinski definition) is 1. The third-order valence-corrected chi connectivity index (χ3v) is 5.54. The minimum Gasteiger partial charge on any atom is -0.493 e. The number of aliphatic carboxylic acids is 1. The second-order valence-corrected chi connectivity index (χ2v) is 7.98. The van der Waals surface area contributed by atoms with Crippen molar-refractivity contribution in [3.05, 3.63) is 65.7 Å². The largest absolute Gasteiger partial charge is 0.493 e. The highest BCUT2D eigenvalue weighted by atomic mass is 32.2. The van der Waals surface area contributed by atoms with Crippen LogP contribution < -0.4 is 9.47 Å². The number of carboxylic acid groups (broad SMARTS) is 1. The Morgan fingerprint density at radius 1 is 1.22 bits per heavy atom. The van der Waals surface area contributed by atoms with Crippen LogP contribution in [0.5, 0.6) is 11.5 Å². The Labute approximate surface area is 188 Å². The first kappa shape index (κ1) is 25.1. The van der Waals surface area contributed by atoms with E-state index in [4.69, 9.17) is 19.8 Å². The fourth-order valence-electron chi connectivity index (χ4n) is 2.68. The molecule has 0 fully saturated rings. The molecule has 0 saturated carbocycles. The van der Waals surface area contributed by atoms with E-state index in [2.05, 4.69) is 0 Å². The molecule has 2 aromatic carbocycles. The maximum Gasteiger partial charge on any atom is 0.416 e. The lowest BCUT2D eigenvalue weighted by molar-refractivity contribution is -0.139. The van der Waals surface area contributed by atoms with Crippen molar-refractivity contribution in [3.8, 4) is 17.6 Å². The van der Waals surface area contributed by atoms with E-state index < -0.39 is 24.3 Å². The van der Waals surface area contributed by atoms with Crippen molar-refractivity contribution >= 4 is 17.7 Å². The Kier molecular flexibility index (Phi) is 9.47. The van der Waals surface area contributed by atoms with Crippen LogP contribution >= 0.6 is 11.8 Å². The summed E-state index contributed by atoms with van der Waals surface area (Å²) in [4.78, 5) is 11.6. The lowest BCUT2D eigenvalue weighted by Gasteiger charge is -2.17. The van der Waals surface area contributed by atoms with E-state index in [1.165, 1.54) is 18.2 Å². The number of allylic oxidation sites excluding steroid dienone is 2. The van der Waals surface area contributed by atoms with Crippen LogP contribution in [0.2, 0.25) is 0 Å². The van der Waals surface area contributed by atoms with Gasteiger partial charge in [-0.05, 0) is 61.4 Å². The van der Waals surface area contributed by atoms with Crippen LogP contribution in [0.15, 0.2) is 59.5 Å². The maximum atomic E-state index is 12.7. The first-order valence-corrected chi connectivity index (χ1v) is 10.6. The molecule has 0 aliphatic heterocycles. The number of carboxylic acids is 1. The summed E-state index contributed by atoms with van der Waals surface area (Å²) in [6.07, 6.45) is -0.712. The first-order chi connectivity index (χ1) is 15.2. The third-order valence-electron chi connectivity index (χ3n) is 4.31. The van der Waals surface area contributed by atoms with Crippen LogP contribution in [0, 0.1) is 24.2 Å². The van der Waals surface area contributed by atoms with Crippen LogP contribution in [0.4, 0.5) is 13.2 Å². The van der Waals surface area contributed by atoms with Crippen molar-refractivity contribution in [2.45, 2.75) is 24.4 Å². The van der Waals surface area contributed by atoms with E-state index in [0.717, 1.165) is 22.6 Å². The predicted octanol–water partition coefficient (Wildman–Crippen LogP) is 5.73. The predicted molar refractivity (Wildman–Crippen MR) is 115 cm³/mol. The topological polar surface area (TPSA) is 79.5 Å². The van der Waals surface area contributed by atoms with Gasteiger partial charge < -0.3 is 14.6 Å². The SMILES string of the molecule is Cc1cc(SCC(C/C=C/C#N)COc2ccc(C(F)(F)F)cc2)ccc1OCC(=O)O. The molecule has 5 nitrogen and oxygen atoms in total. The fraction of sp³-hybridized carbons (Fsp3) is 0.304. The van der Waals surface area contributed by atoms with E-state index >= 15 is 0 Å². The van der Waals surface area contributed by atoms with Gasteiger partial charge in [0.1, 0.15) is 11.5 Å². The van der Waals surface area contributed by atoms with E-state index in [9.17, 15) is 18.0 Å². The quantitative estimate of drug-likeness (QED) is 0.337. The molecule has 0 aliphatic carbocycles. The van der Waals surface area contributed by atoms with Gasteiger partial charge in [-0.1, -0.05) is 6.08 Å². The molecule has 0 aliphatic rings. The van der Waals surface area contributed by atoms with Crippen molar-refractivity contribution in [2.75, 3.05) is 19.0 Å². The van der Waals surface area contributed by atoms with Crippen LogP contribution in [-0.2, 0) is 11.0 Å². The normalized spacial score (nSPS) is 12.3. The number of ether oxygens (including phenoxy) is 2. The molecule has 1 N–H and O–H groups in total. The van der Waals surface area contributed by atoms with Crippen molar-refractivity contribution in [1.29, 1.82) is 5.26 Å². The standard InChI is InChI=1S/C23H22F3NO4S/c1-16-12-20(9-10-21(16)31-14-22(28)29)32-15-17(4-2-3-11-27)13-30-19-7-5-18(6-8-19)23(24,25)26/h2-3,5-10,12,17H,4,13-15H2,1H3,(H,28,29)/b3-2+. The molecule has 1 unspecified atom stereocenters. The van der Waals surface area contributed by atoms with Crippen molar-refractivity contribution in [1.82, 2.24) is 0 Å². The Hall–Kier alpha value is -3.12. The maximum absolute atomic E-state index is 12.7. The van der Waals surface area contributed by atoms with Gasteiger partial charge >= 0.3 is 12.1 Å². The molecule has 0 saturated heterocycles. The molecule has 1 atom stereocenters. The second-order valence-electron chi connectivity index (χ2n) is 6.89. The molecule has 0 amide bonds. The molecule has 170 valence electrons. The molecule has 0 bridgehead atoms. The third kappa shape index (κ3) is 8.55. The molecular weight excluding hydrogens is 443 g/mol. The summed E-state index contributed by atoms with van der Waals surface area (Å²) in [7, 11) is 0. The number of nitrogens with zero attached hydrogens (tertiary/aromatic N) is 1. The van der Waals surface area contributed by atoms with E-state index in [1.54, 1.807) is 23.9 Å². The summed E-state index contributed by atoms with van der Waals surface area (Å²) in [6, 6.07) is 11.9. The highest BCUT2D eigenvalue weighted by Gasteiger charge is 2.30. The minimum absolute atomic E-state index is 0.00938. The van der Waals surface area contributed by atoms with Gasteiger partial charge in [-0.3, -0.25) is 0 Å². The molecule has 2 aromatic rings. The highest BCUT2D eigenvalue weighted by Crippen LogP contribution is 2.31. The van der Waals surface area contributed by atoms with Crippen molar-refractivity contribution in [3.63, 3.8) is 0 Å². The summed E-state index contributed by atoms with van der Waals surface area (Å²) in [5.74, 6) is 0.439.